The number of hydrogen-bond donors (Lipinski definition) is 0. The fourth-order valence-electron chi connectivity index (χ4n) is 3.38. The molecular weight excluding hydrogens is 300 g/mol. The van der Waals surface area contributed by atoms with Gasteiger partial charge in [-0.05, 0) is 46.5 Å². The first-order valence-electron chi connectivity index (χ1n) is 8.06. The molecule has 2 heterocycles. The largest absolute Gasteiger partial charge is 0.468 e. The van der Waals surface area contributed by atoms with Gasteiger partial charge >= 0.3 is 12.1 Å². The molecule has 0 unspecified atom stereocenters. The third-order valence-electron chi connectivity index (χ3n) is 4.35. The zero-order valence-corrected chi connectivity index (χ0v) is 14.4. The van der Waals surface area contributed by atoms with Crippen LogP contribution in [-0.2, 0) is 19.1 Å². The monoisotopic (exact) mass is 326 g/mol. The lowest BCUT2D eigenvalue weighted by molar-refractivity contribution is -0.154. The summed E-state index contributed by atoms with van der Waals surface area (Å²) in [7, 11) is 1.30. The number of likely N-dealkylation sites (tertiary alicyclic amines) is 2. The summed E-state index contributed by atoms with van der Waals surface area (Å²) in [6.45, 7) is 6.36. The van der Waals surface area contributed by atoms with Crippen molar-refractivity contribution in [3.05, 3.63) is 0 Å². The fraction of sp³-hybridized carbons (Fsp3) is 0.812. The lowest BCUT2D eigenvalue weighted by atomic mass is 9.85. The van der Waals surface area contributed by atoms with Gasteiger partial charge in [0.25, 0.3) is 0 Å². The Labute approximate surface area is 136 Å². The van der Waals surface area contributed by atoms with E-state index in [1.807, 2.05) is 0 Å². The predicted octanol–water partition coefficient (Wildman–Crippen LogP) is 1.55. The van der Waals surface area contributed by atoms with Crippen LogP contribution in [0.1, 0.15) is 46.5 Å². The van der Waals surface area contributed by atoms with Gasteiger partial charge in [0.2, 0.25) is 5.91 Å². The highest BCUT2D eigenvalue weighted by Gasteiger charge is 2.54. The molecule has 0 aromatic carbocycles. The number of methoxy groups -OCH3 is 1. The van der Waals surface area contributed by atoms with Crippen molar-refractivity contribution in [2.75, 3.05) is 26.7 Å². The molecule has 0 N–H and O–H groups in total. The molecule has 0 aromatic heterocycles. The molecule has 0 aliphatic carbocycles. The summed E-state index contributed by atoms with van der Waals surface area (Å²) in [6.07, 6.45) is 2.29. The molecule has 0 aromatic rings. The maximum atomic E-state index is 13.0. The molecule has 130 valence electrons. The van der Waals surface area contributed by atoms with Crippen molar-refractivity contribution in [3.8, 4) is 0 Å². The molecule has 23 heavy (non-hydrogen) atoms. The summed E-state index contributed by atoms with van der Waals surface area (Å²) < 4.78 is 10.1. The van der Waals surface area contributed by atoms with Crippen LogP contribution < -0.4 is 0 Å². The Kier molecular flexibility index (Phi) is 4.87. The van der Waals surface area contributed by atoms with E-state index in [9.17, 15) is 14.4 Å². The molecule has 2 aliphatic rings. The van der Waals surface area contributed by atoms with E-state index in [1.54, 1.807) is 25.7 Å². The zero-order chi connectivity index (χ0) is 17.3. The summed E-state index contributed by atoms with van der Waals surface area (Å²) in [5.41, 5.74) is -1.47. The van der Waals surface area contributed by atoms with Gasteiger partial charge in [0.15, 0.2) is 0 Å². The Balaban J connectivity index is 2.19. The molecule has 0 saturated carbocycles. The smallest absolute Gasteiger partial charge is 0.411 e. The highest BCUT2D eigenvalue weighted by Crippen LogP contribution is 2.39. The lowest BCUT2D eigenvalue weighted by Gasteiger charge is -2.44. The number of nitrogens with zero attached hydrogens (tertiary/aromatic N) is 2. The number of amides is 2. The van der Waals surface area contributed by atoms with E-state index >= 15 is 0 Å². The van der Waals surface area contributed by atoms with Gasteiger partial charge in [0.1, 0.15) is 17.7 Å². The summed E-state index contributed by atoms with van der Waals surface area (Å²) in [4.78, 5) is 40.0. The Morgan fingerprint density at radius 3 is 2.35 bits per heavy atom. The minimum absolute atomic E-state index is 0.0702. The average molecular weight is 326 g/mol. The van der Waals surface area contributed by atoms with Crippen LogP contribution in [0.3, 0.4) is 0 Å². The van der Waals surface area contributed by atoms with Crippen molar-refractivity contribution in [1.82, 2.24) is 9.80 Å². The van der Waals surface area contributed by atoms with Gasteiger partial charge < -0.3 is 14.4 Å². The summed E-state index contributed by atoms with van der Waals surface area (Å²) >= 11 is 0. The molecule has 2 amide bonds. The minimum atomic E-state index is -0.866. The molecule has 2 aliphatic heterocycles. The average Bonchev–Trinajstić information content (AvgIpc) is 2.87. The summed E-state index contributed by atoms with van der Waals surface area (Å²) in [6, 6.07) is 0. The van der Waals surface area contributed by atoms with Crippen LogP contribution in [0.15, 0.2) is 0 Å². The number of carbonyl (C=O) groups excluding carboxylic acids is 3. The van der Waals surface area contributed by atoms with E-state index in [1.165, 1.54) is 12.0 Å². The van der Waals surface area contributed by atoms with Crippen molar-refractivity contribution in [2.45, 2.75) is 57.6 Å². The van der Waals surface area contributed by atoms with Crippen LogP contribution in [-0.4, -0.2) is 65.7 Å². The van der Waals surface area contributed by atoms with Crippen molar-refractivity contribution in [3.63, 3.8) is 0 Å². The Morgan fingerprint density at radius 1 is 1.17 bits per heavy atom. The fourth-order valence-corrected chi connectivity index (χ4v) is 3.38. The van der Waals surface area contributed by atoms with Crippen LogP contribution in [0.2, 0.25) is 0 Å². The molecule has 1 atom stereocenters. The van der Waals surface area contributed by atoms with Crippen LogP contribution in [0.25, 0.3) is 0 Å². The SMILES string of the molecule is COC(=O)CN1CCC[C@]2(CCCN2C(=O)OC(C)(C)C)C1=O. The molecule has 0 bridgehead atoms. The van der Waals surface area contributed by atoms with E-state index in [0.29, 0.717) is 25.9 Å². The zero-order valence-electron chi connectivity index (χ0n) is 14.4. The number of hydrogen-bond acceptors (Lipinski definition) is 5. The van der Waals surface area contributed by atoms with Crippen molar-refractivity contribution in [2.24, 2.45) is 0 Å². The van der Waals surface area contributed by atoms with E-state index in [-0.39, 0.29) is 12.5 Å². The van der Waals surface area contributed by atoms with E-state index in [2.05, 4.69) is 4.74 Å². The second-order valence-corrected chi connectivity index (χ2v) is 7.17. The van der Waals surface area contributed by atoms with Crippen LogP contribution in [0.4, 0.5) is 4.79 Å². The van der Waals surface area contributed by atoms with Gasteiger partial charge in [0, 0.05) is 13.1 Å². The first kappa shape index (κ1) is 17.6. The maximum Gasteiger partial charge on any atom is 0.411 e. The molecule has 1 spiro atoms. The van der Waals surface area contributed by atoms with Gasteiger partial charge in [-0.1, -0.05) is 0 Å². The number of carbonyl (C=O) groups is 3. The van der Waals surface area contributed by atoms with E-state index < -0.39 is 23.2 Å². The first-order chi connectivity index (χ1) is 10.7. The van der Waals surface area contributed by atoms with Crippen LogP contribution in [0.5, 0.6) is 0 Å². The second-order valence-electron chi connectivity index (χ2n) is 7.17. The molecule has 0 radical (unpaired) electrons. The van der Waals surface area contributed by atoms with Gasteiger partial charge in [-0.15, -0.1) is 0 Å². The number of esters is 1. The molecule has 2 rings (SSSR count). The molecule has 2 fully saturated rings. The van der Waals surface area contributed by atoms with Crippen molar-refractivity contribution in [1.29, 1.82) is 0 Å². The summed E-state index contributed by atoms with van der Waals surface area (Å²) in [5, 5.41) is 0. The predicted molar refractivity (Wildman–Crippen MR) is 82.7 cm³/mol. The Hall–Kier alpha value is -1.79. The highest BCUT2D eigenvalue weighted by molar-refractivity contribution is 5.93. The standard InChI is InChI=1S/C16H26N2O5/c1-15(2,3)23-14(21)18-10-6-8-16(18)7-5-9-17(13(16)20)11-12(19)22-4/h5-11H2,1-4H3/t16-/m0/s1. The highest BCUT2D eigenvalue weighted by atomic mass is 16.6. The van der Waals surface area contributed by atoms with Gasteiger partial charge in [0.05, 0.1) is 7.11 Å². The minimum Gasteiger partial charge on any atom is -0.468 e. The molecule has 2 saturated heterocycles. The first-order valence-corrected chi connectivity index (χ1v) is 8.06. The third kappa shape index (κ3) is 3.59. The van der Waals surface area contributed by atoms with Gasteiger partial charge in [-0.3, -0.25) is 14.5 Å². The van der Waals surface area contributed by atoms with Crippen molar-refractivity contribution < 1.29 is 23.9 Å². The number of piperidine rings is 1. The molecule has 7 nitrogen and oxygen atoms in total. The second kappa shape index (κ2) is 6.37. The van der Waals surface area contributed by atoms with Crippen molar-refractivity contribution >= 4 is 18.0 Å². The lowest BCUT2D eigenvalue weighted by Crippen LogP contribution is -2.62. The van der Waals surface area contributed by atoms with E-state index in [4.69, 9.17) is 4.74 Å². The van der Waals surface area contributed by atoms with E-state index in [0.717, 1.165) is 12.8 Å². The number of rotatable bonds is 2. The quantitative estimate of drug-likeness (QED) is 0.720. The van der Waals surface area contributed by atoms with Gasteiger partial charge in [-0.2, -0.15) is 0 Å². The topological polar surface area (TPSA) is 76.2 Å². The summed E-state index contributed by atoms with van der Waals surface area (Å²) in [5.74, 6) is -0.616. The Morgan fingerprint density at radius 2 is 1.78 bits per heavy atom. The Bertz CT molecular complexity index is 499. The number of ether oxygens (including phenoxy) is 2. The maximum absolute atomic E-state index is 13.0. The normalized spacial score (nSPS) is 25.0. The third-order valence-corrected chi connectivity index (χ3v) is 4.35. The van der Waals surface area contributed by atoms with Crippen LogP contribution >= 0.6 is 0 Å². The molecule has 7 heteroatoms. The van der Waals surface area contributed by atoms with Crippen LogP contribution in [0, 0.1) is 0 Å². The molecular formula is C16H26N2O5. The van der Waals surface area contributed by atoms with Gasteiger partial charge in [-0.25, -0.2) is 4.79 Å².